The molecular weight excluding hydrogens is 234 g/mol. The first kappa shape index (κ1) is 15.4. The highest BCUT2D eigenvalue weighted by atomic mass is 16.5. The Morgan fingerprint density at radius 1 is 0.842 bits per heavy atom. The molecule has 0 amide bonds. The minimum absolute atomic E-state index is 0.0485. The van der Waals surface area contributed by atoms with Crippen molar-refractivity contribution in [3.05, 3.63) is 71.8 Å². The number of rotatable bonds is 4. The van der Waals surface area contributed by atoms with Gasteiger partial charge in [-0.3, -0.25) is 0 Å². The van der Waals surface area contributed by atoms with E-state index < -0.39 is 0 Å². The maximum Gasteiger partial charge on any atom is 0.108 e. The molecule has 0 aliphatic heterocycles. The Morgan fingerprint density at radius 2 is 1.21 bits per heavy atom. The maximum absolute atomic E-state index is 5.81. The zero-order chi connectivity index (χ0) is 13.9. The fourth-order valence-corrected chi connectivity index (χ4v) is 1.81. The van der Waals surface area contributed by atoms with Crippen LogP contribution in [0.1, 0.15) is 24.2 Å². The number of hydrogen-bond donors (Lipinski definition) is 1. The van der Waals surface area contributed by atoms with E-state index in [1.165, 1.54) is 11.1 Å². The summed E-state index contributed by atoms with van der Waals surface area (Å²) in [7, 11) is 3.75. The van der Waals surface area contributed by atoms with Crippen LogP contribution in [0.25, 0.3) is 0 Å². The van der Waals surface area contributed by atoms with Crippen molar-refractivity contribution in [2.24, 2.45) is 0 Å². The molecule has 2 aromatic carbocycles. The molecule has 0 spiro atoms. The standard InChI is InChI=1S/C15H16O.C2H7N/c1-2-16-15(13-9-5-3-6-10-13)14-11-7-4-8-12-14;1-3-2/h3-12,15H,2H2,1H3;3H,1-2H3. The highest BCUT2D eigenvalue weighted by molar-refractivity contribution is 5.29. The van der Waals surface area contributed by atoms with Gasteiger partial charge >= 0.3 is 0 Å². The first-order valence-corrected chi connectivity index (χ1v) is 6.63. The van der Waals surface area contributed by atoms with Gasteiger partial charge in [-0.2, -0.15) is 0 Å². The Labute approximate surface area is 116 Å². The van der Waals surface area contributed by atoms with E-state index in [2.05, 4.69) is 29.6 Å². The molecule has 0 radical (unpaired) electrons. The summed E-state index contributed by atoms with van der Waals surface area (Å²) in [6.07, 6.45) is 0.0485. The molecule has 0 aliphatic carbocycles. The molecule has 0 saturated carbocycles. The molecule has 2 aromatic rings. The van der Waals surface area contributed by atoms with Gasteiger partial charge in [0.15, 0.2) is 0 Å². The summed E-state index contributed by atoms with van der Waals surface area (Å²) in [5.74, 6) is 0. The molecular formula is C17H23NO. The Hall–Kier alpha value is -1.64. The average molecular weight is 257 g/mol. The molecule has 0 heterocycles. The van der Waals surface area contributed by atoms with Crippen molar-refractivity contribution in [2.45, 2.75) is 13.0 Å². The third kappa shape index (κ3) is 5.25. The van der Waals surface area contributed by atoms with Crippen LogP contribution in [0.15, 0.2) is 60.7 Å². The molecule has 0 fully saturated rings. The lowest BCUT2D eigenvalue weighted by Crippen LogP contribution is -2.05. The molecule has 0 atom stereocenters. The lowest BCUT2D eigenvalue weighted by molar-refractivity contribution is 0.0913. The van der Waals surface area contributed by atoms with Crippen LogP contribution >= 0.6 is 0 Å². The molecule has 2 nitrogen and oxygen atoms in total. The molecule has 2 heteroatoms. The van der Waals surface area contributed by atoms with Crippen LogP contribution in [0.4, 0.5) is 0 Å². The average Bonchev–Trinajstić information content (AvgIpc) is 2.47. The Balaban J connectivity index is 0.000000550. The predicted octanol–water partition coefficient (Wildman–Crippen LogP) is 3.65. The summed E-state index contributed by atoms with van der Waals surface area (Å²) in [6.45, 7) is 2.74. The lowest BCUT2D eigenvalue weighted by Gasteiger charge is -2.17. The normalized spacial score (nSPS) is 9.89. The molecule has 1 N–H and O–H groups in total. The highest BCUT2D eigenvalue weighted by Crippen LogP contribution is 2.25. The number of ether oxygens (including phenoxy) is 1. The smallest absolute Gasteiger partial charge is 0.108 e. The monoisotopic (exact) mass is 257 g/mol. The van der Waals surface area contributed by atoms with Gasteiger partial charge < -0.3 is 10.1 Å². The van der Waals surface area contributed by atoms with Gasteiger partial charge in [-0.25, -0.2) is 0 Å². The third-order valence-corrected chi connectivity index (χ3v) is 2.54. The summed E-state index contributed by atoms with van der Waals surface area (Å²) < 4.78 is 5.81. The van der Waals surface area contributed by atoms with E-state index in [1.54, 1.807) is 0 Å². The zero-order valence-electron chi connectivity index (χ0n) is 12.0. The molecule has 2 rings (SSSR count). The lowest BCUT2D eigenvalue weighted by atomic mass is 10.0. The van der Waals surface area contributed by atoms with Crippen LogP contribution in [-0.4, -0.2) is 20.7 Å². The summed E-state index contributed by atoms with van der Waals surface area (Å²) in [5, 5.41) is 2.75. The number of nitrogens with one attached hydrogen (secondary N) is 1. The fraction of sp³-hybridized carbons (Fsp3) is 0.294. The summed E-state index contributed by atoms with van der Waals surface area (Å²) in [5.41, 5.74) is 2.41. The number of hydrogen-bond acceptors (Lipinski definition) is 2. The van der Waals surface area contributed by atoms with Crippen molar-refractivity contribution in [3.63, 3.8) is 0 Å². The topological polar surface area (TPSA) is 21.3 Å². The second-order valence-corrected chi connectivity index (χ2v) is 4.16. The van der Waals surface area contributed by atoms with Crippen molar-refractivity contribution in [1.29, 1.82) is 0 Å². The van der Waals surface area contributed by atoms with Gasteiger partial charge in [0.1, 0.15) is 6.10 Å². The molecule has 0 saturated heterocycles. The van der Waals surface area contributed by atoms with Crippen LogP contribution in [0, 0.1) is 0 Å². The minimum Gasteiger partial charge on any atom is -0.369 e. The van der Waals surface area contributed by atoms with Crippen LogP contribution in [0.3, 0.4) is 0 Å². The zero-order valence-corrected chi connectivity index (χ0v) is 12.0. The molecule has 102 valence electrons. The van der Waals surface area contributed by atoms with Gasteiger partial charge in [0.05, 0.1) is 0 Å². The third-order valence-electron chi connectivity index (χ3n) is 2.54. The molecule has 19 heavy (non-hydrogen) atoms. The summed E-state index contributed by atoms with van der Waals surface area (Å²) >= 11 is 0. The Bertz CT molecular complexity index is 388. The van der Waals surface area contributed by atoms with E-state index in [4.69, 9.17) is 4.74 Å². The van der Waals surface area contributed by atoms with Crippen molar-refractivity contribution in [1.82, 2.24) is 5.32 Å². The van der Waals surface area contributed by atoms with E-state index in [0.29, 0.717) is 6.61 Å². The molecule has 0 bridgehead atoms. The van der Waals surface area contributed by atoms with Gasteiger partial charge in [0, 0.05) is 6.61 Å². The van der Waals surface area contributed by atoms with Gasteiger partial charge in [-0.1, -0.05) is 60.7 Å². The second-order valence-electron chi connectivity index (χ2n) is 4.16. The van der Waals surface area contributed by atoms with Crippen LogP contribution in [-0.2, 0) is 4.74 Å². The second kappa shape index (κ2) is 9.31. The van der Waals surface area contributed by atoms with Gasteiger partial charge in [0.2, 0.25) is 0 Å². The molecule has 0 aliphatic rings. The summed E-state index contributed by atoms with van der Waals surface area (Å²) in [4.78, 5) is 0. The summed E-state index contributed by atoms with van der Waals surface area (Å²) in [6, 6.07) is 20.7. The molecule has 0 unspecified atom stereocenters. The predicted molar refractivity (Wildman–Crippen MR) is 81.3 cm³/mol. The van der Waals surface area contributed by atoms with E-state index >= 15 is 0 Å². The minimum atomic E-state index is 0.0485. The first-order chi connectivity index (χ1) is 9.33. The Kier molecular flexibility index (Phi) is 7.56. The quantitative estimate of drug-likeness (QED) is 0.902. The van der Waals surface area contributed by atoms with E-state index in [0.717, 1.165) is 0 Å². The van der Waals surface area contributed by atoms with E-state index in [-0.39, 0.29) is 6.10 Å². The highest BCUT2D eigenvalue weighted by Gasteiger charge is 2.12. The largest absolute Gasteiger partial charge is 0.369 e. The van der Waals surface area contributed by atoms with E-state index in [1.807, 2.05) is 57.4 Å². The van der Waals surface area contributed by atoms with Crippen molar-refractivity contribution < 1.29 is 4.74 Å². The van der Waals surface area contributed by atoms with Crippen molar-refractivity contribution >= 4 is 0 Å². The molecule has 0 aromatic heterocycles. The van der Waals surface area contributed by atoms with E-state index in [9.17, 15) is 0 Å². The maximum atomic E-state index is 5.81. The van der Waals surface area contributed by atoms with Crippen LogP contribution in [0.2, 0.25) is 0 Å². The van der Waals surface area contributed by atoms with Gasteiger partial charge in [-0.05, 0) is 32.1 Å². The number of benzene rings is 2. The van der Waals surface area contributed by atoms with Crippen molar-refractivity contribution in [3.8, 4) is 0 Å². The Morgan fingerprint density at radius 3 is 1.53 bits per heavy atom. The van der Waals surface area contributed by atoms with Crippen LogP contribution < -0.4 is 5.32 Å². The van der Waals surface area contributed by atoms with Gasteiger partial charge in [-0.15, -0.1) is 0 Å². The van der Waals surface area contributed by atoms with Crippen molar-refractivity contribution in [2.75, 3.05) is 20.7 Å². The van der Waals surface area contributed by atoms with Gasteiger partial charge in [0.25, 0.3) is 0 Å². The fourth-order valence-electron chi connectivity index (χ4n) is 1.81. The first-order valence-electron chi connectivity index (χ1n) is 6.63. The van der Waals surface area contributed by atoms with Crippen LogP contribution in [0.5, 0.6) is 0 Å². The SMILES string of the molecule is CCOC(c1ccccc1)c1ccccc1.CNC.